The van der Waals surface area contributed by atoms with Gasteiger partial charge in [0.15, 0.2) is 11.5 Å². The van der Waals surface area contributed by atoms with Gasteiger partial charge in [-0.3, -0.25) is 9.59 Å². The molecule has 20 heavy (non-hydrogen) atoms. The van der Waals surface area contributed by atoms with Crippen LogP contribution in [0, 0.1) is 0 Å². The molecule has 0 saturated carbocycles. The fourth-order valence-corrected chi connectivity index (χ4v) is 2.30. The van der Waals surface area contributed by atoms with Crippen molar-refractivity contribution in [2.75, 3.05) is 13.9 Å². The van der Waals surface area contributed by atoms with Crippen molar-refractivity contribution in [3.8, 4) is 23.0 Å². The Balaban J connectivity index is 2.47. The van der Waals surface area contributed by atoms with Crippen molar-refractivity contribution in [1.29, 1.82) is 0 Å². The smallest absolute Gasteiger partial charge is 0.238 e. The lowest BCUT2D eigenvalue weighted by Gasteiger charge is -2.20. The number of aliphatic hydroxyl groups is 1. The van der Waals surface area contributed by atoms with Crippen LogP contribution in [0.5, 0.6) is 23.0 Å². The number of phenols is 1. The first-order valence-corrected chi connectivity index (χ1v) is 5.70. The minimum absolute atomic E-state index is 0.0444. The Morgan fingerprint density at radius 2 is 1.70 bits per heavy atom. The lowest BCUT2D eigenvalue weighted by molar-refractivity contribution is -0.111. The zero-order chi connectivity index (χ0) is 14.6. The Morgan fingerprint density at radius 1 is 1.05 bits per heavy atom. The van der Waals surface area contributed by atoms with E-state index in [9.17, 15) is 19.8 Å². The number of carbonyl (C=O) groups excluding carboxylic acids is 2. The van der Waals surface area contributed by atoms with Gasteiger partial charge in [0, 0.05) is 5.57 Å². The first-order chi connectivity index (χ1) is 9.49. The van der Waals surface area contributed by atoms with E-state index in [0.717, 1.165) is 0 Å². The molecule has 0 saturated heterocycles. The van der Waals surface area contributed by atoms with E-state index in [4.69, 9.17) is 14.2 Å². The van der Waals surface area contributed by atoms with Crippen LogP contribution in [0.1, 0.15) is 22.8 Å². The van der Waals surface area contributed by atoms with E-state index >= 15 is 0 Å². The summed E-state index contributed by atoms with van der Waals surface area (Å²) in [6.45, 7) is 1.16. The maximum Gasteiger partial charge on any atom is 0.238 e. The van der Waals surface area contributed by atoms with E-state index in [1.54, 1.807) is 0 Å². The zero-order valence-corrected chi connectivity index (χ0v) is 10.6. The molecular formula is C13H10O7. The quantitative estimate of drug-likeness (QED) is 0.743. The maximum absolute atomic E-state index is 12.1. The predicted octanol–water partition coefficient (Wildman–Crippen LogP) is 1.18. The molecule has 7 nitrogen and oxygen atoms in total. The number of hydrogen-bond donors (Lipinski definition) is 2. The molecule has 0 spiro atoms. The van der Waals surface area contributed by atoms with Gasteiger partial charge < -0.3 is 24.4 Å². The third kappa shape index (κ3) is 1.29. The molecule has 0 radical (unpaired) electrons. The highest BCUT2D eigenvalue weighted by Gasteiger charge is 2.41. The minimum Gasteiger partial charge on any atom is -0.507 e. The number of methoxy groups -OCH3 is 1. The summed E-state index contributed by atoms with van der Waals surface area (Å²) >= 11 is 0. The van der Waals surface area contributed by atoms with Gasteiger partial charge in [-0.15, -0.1) is 0 Å². The Kier molecular flexibility index (Phi) is 2.40. The lowest BCUT2D eigenvalue weighted by atomic mass is 9.87. The van der Waals surface area contributed by atoms with Crippen molar-refractivity contribution < 1.29 is 34.0 Å². The second-order valence-corrected chi connectivity index (χ2v) is 4.33. The first-order valence-electron chi connectivity index (χ1n) is 5.70. The number of fused-ring (bicyclic) bond motifs is 2. The number of Topliss-reactive ketones (excluding diaryl/α,β-unsaturated/α-hetero) is 2. The Hall–Kier alpha value is -2.70. The van der Waals surface area contributed by atoms with Gasteiger partial charge in [0.1, 0.15) is 5.76 Å². The summed E-state index contributed by atoms with van der Waals surface area (Å²) in [5.41, 5.74) is -0.505. The van der Waals surface area contributed by atoms with Gasteiger partial charge in [-0.2, -0.15) is 0 Å². The van der Waals surface area contributed by atoms with Crippen LogP contribution in [0.3, 0.4) is 0 Å². The summed E-state index contributed by atoms with van der Waals surface area (Å²) in [5.74, 6) is -2.71. The topological polar surface area (TPSA) is 102 Å². The van der Waals surface area contributed by atoms with Gasteiger partial charge in [0.2, 0.25) is 29.9 Å². The minimum atomic E-state index is -0.926. The highest BCUT2D eigenvalue weighted by atomic mass is 16.7. The number of aromatic hydroxyl groups is 1. The van der Waals surface area contributed by atoms with Crippen molar-refractivity contribution >= 4 is 17.3 Å². The monoisotopic (exact) mass is 278 g/mol. The van der Waals surface area contributed by atoms with Crippen molar-refractivity contribution in [3.05, 3.63) is 16.7 Å². The van der Waals surface area contributed by atoms with Crippen molar-refractivity contribution in [1.82, 2.24) is 0 Å². The molecule has 0 atom stereocenters. The summed E-state index contributed by atoms with van der Waals surface area (Å²) in [6, 6.07) is 0. The van der Waals surface area contributed by atoms with E-state index in [1.807, 2.05) is 0 Å². The Bertz CT molecular complexity index is 699. The van der Waals surface area contributed by atoms with E-state index in [2.05, 4.69) is 0 Å². The molecule has 0 aromatic heterocycles. The molecule has 2 aliphatic rings. The van der Waals surface area contributed by atoms with Crippen LogP contribution in [0.4, 0.5) is 0 Å². The molecule has 0 amide bonds. The Labute approximate surface area is 113 Å². The fourth-order valence-electron chi connectivity index (χ4n) is 2.30. The number of benzene rings is 1. The average Bonchev–Trinajstić information content (AvgIpc) is 2.92. The van der Waals surface area contributed by atoms with Gasteiger partial charge in [-0.05, 0) is 6.92 Å². The van der Waals surface area contributed by atoms with Crippen LogP contribution in [-0.2, 0) is 4.79 Å². The van der Waals surface area contributed by atoms with E-state index < -0.39 is 23.1 Å². The molecule has 2 N–H and O–H groups in total. The van der Waals surface area contributed by atoms with Crippen LogP contribution in [0.15, 0.2) is 5.57 Å². The van der Waals surface area contributed by atoms with Gasteiger partial charge in [0.25, 0.3) is 0 Å². The summed E-state index contributed by atoms with van der Waals surface area (Å²) < 4.78 is 15.4. The average molecular weight is 278 g/mol. The van der Waals surface area contributed by atoms with Gasteiger partial charge in [0.05, 0.1) is 18.2 Å². The molecule has 1 aromatic rings. The normalized spacial score (nSPS) is 16.5. The highest BCUT2D eigenvalue weighted by Crippen LogP contribution is 2.54. The van der Waals surface area contributed by atoms with Crippen molar-refractivity contribution in [3.63, 3.8) is 0 Å². The fraction of sp³-hybridized carbons (Fsp3) is 0.231. The standard InChI is InChI=1S/C13H10O7/c1-4-7(14)6-5(9(16)8(4)15)10(17)12-13(11(6)18-2)20-3-19-12/h14,17H,3H2,1-2H3. The van der Waals surface area contributed by atoms with E-state index in [0.29, 0.717) is 0 Å². The number of carbonyl (C=O) groups is 2. The van der Waals surface area contributed by atoms with E-state index in [1.165, 1.54) is 14.0 Å². The van der Waals surface area contributed by atoms with E-state index in [-0.39, 0.29) is 40.7 Å². The molecule has 7 heteroatoms. The molecule has 0 fully saturated rings. The molecule has 3 rings (SSSR count). The number of phenolic OH excluding ortho intramolecular Hbond substituents is 1. The van der Waals surface area contributed by atoms with Gasteiger partial charge in [-0.25, -0.2) is 0 Å². The number of allylic oxidation sites excluding steroid dienone is 1. The SMILES string of the molecule is COc1c2c(c(O)c3c1C(O)=C(C)C(=O)C3=O)OCO2. The van der Waals surface area contributed by atoms with Crippen LogP contribution in [-0.4, -0.2) is 35.7 Å². The summed E-state index contributed by atoms with van der Waals surface area (Å²) in [4.78, 5) is 23.8. The van der Waals surface area contributed by atoms with Crippen LogP contribution in [0.25, 0.3) is 5.76 Å². The molecular weight excluding hydrogens is 268 g/mol. The van der Waals surface area contributed by atoms with Gasteiger partial charge in [-0.1, -0.05) is 0 Å². The molecule has 1 aromatic carbocycles. The third-order valence-electron chi connectivity index (χ3n) is 3.32. The van der Waals surface area contributed by atoms with Crippen LogP contribution in [0.2, 0.25) is 0 Å². The van der Waals surface area contributed by atoms with Crippen LogP contribution >= 0.6 is 0 Å². The number of ketones is 2. The summed E-state index contributed by atoms with van der Waals surface area (Å²) in [6.07, 6.45) is 0. The number of hydrogen-bond acceptors (Lipinski definition) is 7. The van der Waals surface area contributed by atoms with Gasteiger partial charge >= 0.3 is 0 Å². The second-order valence-electron chi connectivity index (χ2n) is 4.33. The third-order valence-corrected chi connectivity index (χ3v) is 3.32. The second kappa shape index (κ2) is 3.89. The first kappa shape index (κ1) is 12.3. The summed E-state index contributed by atoms with van der Waals surface area (Å²) in [5, 5.41) is 20.2. The predicted molar refractivity (Wildman–Crippen MR) is 65.3 cm³/mol. The number of aliphatic hydroxyl groups excluding tert-OH is 1. The molecule has 104 valence electrons. The molecule has 1 aliphatic heterocycles. The zero-order valence-electron chi connectivity index (χ0n) is 10.6. The number of rotatable bonds is 1. The Morgan fingerprint density at radius 3 is 2.35 bits per heavy atom. The molecule has 0 bridgehead atoms. The van der Waals surface area contributed by atoms with Crippen molar-refractivity contribution in [2.45, 2.75) is 6.92 Å². The molecule has 1 aliphatic carbocycles. The van der Waals surface area contributed by atoms with Crippen LogP contribution < -0.4 is 14.2 Å². The molecule has 1 heterocycles. The lowest BCUT2D eigenvalue weighted by Crippen LogP contribution is -2.23. The maximum atomic E-state index is 12.1. The largest absolute Gasteiger partial charge is 0.507 e. The summed E-state index contributed by atoms with van der Waals surface area (Å²) in [7, 11) is 1.32. The number of ether oxygens (including phenoxy) is 3. The highest BCUT2D eigenvalue weighted by molar-refractivity contribution is 6.52. The van der Waals surface area contributed by atoms with Crippen molar-refractivity contribution in [2.24, 2.45) is 0 Å². The molecule has 0 unspecified atom stereocenters.